The third kappa shape index (κ3) is 4.28. The molecular formula is C24H21F2NO2S. The number of hydrogen-bond acceptors (Lipinski definition) is 3. The van der Waals surface area contributed by atoms with E-state index in [2.05, 4.69) is 0 Å². The number of rotatable bonds is 6. The van der Waals surface area contributed by atoms with Crippen molar-refractivity contribution in [3.05, 3.63) is 95.6 Å². The number of phenols is 1. The van der Waals surface area contributed by atoms with Gasteiger partial charge in [-0.3, -0.25) is 4.90 Å². The monoisotopic (exact) mass is 425 g/mol. The lowest BCUT2D eigenvalue weighted by Gasteiger charge is -2.27. The average molecular weight is 426 g/mol. The van der Waals surface area contributed by atoms with Crippen LogP contribution in [0.25, 0.3) is 0 Å². The van der Waals surface area contributed by atoms with Gasteiger partial charge in [0.2, 0.25) is 0 Å². The molecule has 0 amide bonds. The molecule has 1 N–H and O–H groups in total. The number of aromatic hydroxyl groups is 1. The number of anilines is 1. The van der Waals surface area contributed by atoms with Gasteiger partial charge in [-0.05, 0) is 79.5 Å². The van der Waals surface area contributed by atoms with Crippen molar-refractivity contribution in [1.29, 1.82) is 0 Å². The maximum absolute atomic E-state index is 13.4. The summed E-state index contributed by atoms with van der Waals surface area (Å²) in [4.78, 5) is 1.83. The Labute approximate surface area is 179 Å². The first-order valence-electron chi connectivity index (χ1n) is 9.80. The fraction of sp³-hybridized carbons (Fsp3) is 0.208. The highest BCUT2D eigenvalue weighted by Gasteiger charge is 2.42. The van der Waals surface area contributed by atoms with Crippen molar-refractivity contribution in [3.8, 4) is 5.75 Å². The van der Waals surface area contributed by atoms with Crippen LogP contribution in [0.15, 0.2) is 72.8 Å². The highest BCUT2D eigenvalue weighted by atomic mass is 32.1. The summed E-state index contributed by atoms with van der Waals surface area (Å²) in [6.45, 7) is 0. The molecule has 1 saturated heterocycles. The SMILES string of the molecule is Oc1ccccc1C1C(CCCc2ccc(F)cc2)OC(=S)N1c1ccc(F)cc1. The molecule has 1 fully saturated rings. The van der Waals surface area contributed by atoms with E-state index in [1.165, 1.54) is 24.3 Å². The van der Waals surface area contributed by atoms with Crippen LogP contribution in [-0.2, 0) is 11.2 Å². The Bertz CT molecular complexity index is 1020. The van der Waals surface area contributed by atoms with E-state index in [1.54, 1.807) is 36.4 Å². The number of halogens is 2. The van der Waals surface area contributed by atoms with E-state index in [1.807, 2.05) is 17.0 Å². The van der Waals surface area contributed by atoms with Crippen molar-refractivity contribution in [3.63, 3.8) is 0 Å². The largest absolute Gasteiger partial charge is 0.508 e. The Morgan fingerprint density at radius 1 is 0.900 bits per heavy atom. The summed E-state index contributed by atoms with van der Waals surface area (Å²) in [5.74, 6) is -0.427. The number of nitrogens with zero attached hydrogens (tertiary/aromatic N) is 1. The fourth-order valence-corrected chi connectivity index (χ4v) is 4.19. The highest BCUT2D eigenvalue weighted by molar-refractivity contribution is 7.80. The normalized spacial score (nSPS) is 18.5. The third-order valence-corrected chi connectivity index (χ3v) is 5.60. The third-order valence-electron chi connectivity index (χ3n) is 5.31. The van der Waals surface area contributed by atoms with Crippen LogP contribution >= 0.6 is 12.2 Å². The predicted octanol–water partition coefficient (Wildman–Crippen LogP) is 5.92. The number of para-hydroxylation sites is 1. The summed E-state index contributed by atoms with van der Waals surface area (Å²) in [6, 6.07) is 19.3. The van der Waals surface area contributed by atoms with Crippen LogP contribution < -0.4 is 4.90 Å². The Morgan fingerprint density at radius 3 is 2.20 bits per heavy atom. The van der Waals surface area contributed by atoms with Gasteiger partial charge in [-0.1, -0.05) is 30.3 Å². The molecule has 1 heterocycles. The van der Waals surface area contributed by atoms with Gasteiger partial charge in [0.25, 0.3) is 5.17 Å². The predicted molar refractivity (Wildman–Crippen MR) is 117 cm³/mol. The first-order valence-corrected chi connectivity index (χ1v) is 10.2. The van der Waals surface area contributed by atoms with Gasteiger partial charge >= 0.3 is 0 Å². The molecule has 4 rings (SSSR count). The van der Waals surface area contributed by atoms with Crippen molar-refractivity contribution in [2.24, 2.45) is 0 Å². The maximum atomic E-state index is 13.4. The molecule has 3 aromatic carbocycles. The summed E-state index contributed by atoms with van der Waals surface area (Å²) in [5.41, 5.74) is 2.45. The van der Waals surface area contributed by atoms with E-state index in [0.29, 0.717) is 22.8 Å². The summed E-state index contributed by atoms with van der Waals surface area (Å²) < 4.78 is 32.6. The Balaban J connectivity index is 1.58. The zero-order valence-corrected chi connectivity index (χ0v) is 17.0. The van der Waals surface area contributed by atoms with Gasteiger partial charge in [-0.2, -0.15) is 0 Å². The molecule has 6 heteroatoms. The topological polar surface area (TPSA) is 32.7 Å². The molecule has 0 bridgehead atoms. The van der Waals surface area contributed by atoms with Crippen LogP contribution in [0.1, 0.15) is 30.0 Å². The van der Waals surface area contributed by atoms with Crippen LogP contribution in [0, 0.1) is 11.6 Å². The number of ether oxygens (including phenoxy) is 1. The quantitative estimate of drug-likeness (QED) is 0.497. The molecule has 0 radical (unpaired) electrons. The van der Waals surface area contributed by atoms with Crippen molar-refractivity contribution in [1.82, 2.24) is 0 Å². The Hall–Kier alpha value is -2.99. The zero-order chi connectivity index (χ0) is 21.1. The van der Waals surface area contributed by atoms with E-state index in [0.717, 1.165) is 18.4 Å². The minimum absolute atomic E-state index is 0.159. The lowest BCUT2D eigenvalue weighted by molar-refractivity contribution is 0.190. The molecule has 154 valence electrons. The maximum Gasteiger partial charge on any atom is 0.264 e. The summed E-state index contributed by atoms with van der Waals surface area (Å²) in [6.07, 6.45) is 1.99. The van der Waals surface area contributed by atoms with Crippen molar-refractivity contribution < 1.29 is 18.6 Å². The molecule has 0 spiro atoms. The molecule has 3 nitrogen and oxygen atoms in total. The van der Waals surface area contributed by atoms with Gasteiger partial charge in [0.05, 0.1) is 0 Å². The first kappa shape index (κ1) is 20.3. The summed E-state index contributed by atoms with van der Waals surface area (Å²) in [5, 5.41) is 10.8. The van der Waals surface area contributed by atoms with Crippen LogP contribution in [0.5, 0.6) is 5.75 Å². The second kappa shape index (κ2) is 8.79. The van der Waals surface area contributed by atoms with Crippen LogP contribution in [0.2, 0.25) is 0 Å². The lowest BCUT2D eigenvalue weighted by Crippen LogP contribution is -2.29. The second-order valence-corrected chi connectivity index (χ2v) is 7.64. The van der Waals surface area contributed by atoms with E-state index in [9.17, 15) is 13.9 Å². The molecule has 2 unspecified atom stereocenters. The van der Waals surface area contributed by atoms with E-state index in [4.69, 9.17) is 17.0 Å². The molecule has 1 aliphatic heterocycles. The number of benzene rings is 3. The molecule has 2 atom stereocenters. The molecule has 1 aliphatic rings. The second-order valence-electron chi connectivity index (χ2n) is 7.29. The average Bonchev–Trinajstić information content (AvgIpc) is 3.06. The van der Waals surface area contributed by atoms with Gasteiger partial charge in [0, 0.05) is 11.3 Å². The van der Waals surface area contributed by atoms with Gasteiger partial charge in [0.15, 0.2) is 0 Å². The van der Waals surface area contributed by atoms with E-state index in [-0.39, 0.29) is 29.5 Å². The minimum atomic E-state index is -0.336. The lowest BCUT2D eigenvalue weighted by atomic mass is 9.95. The van der Waals surface area contributed by atoms with Crippen molar-refractivity contribution in [2.45, 2.75) is 31.4 Å². The number of hydrogen-bond donors (Lipinski definition) is 1. The number of aryl methyl sites for hydroxylation is 1. The van der Waals surface area contributed by atoms with E-state index >= 15 is 0 Å². The fourth-order valence-electron chi connectivity index (χ4n) is 3.85. The first-order chi connectivity index (χ1) is 14.5. The molecule has 3 aromatic rings. The number of phenolic OH excluding ortho intramolecular Hbond substituents is 1. The van der Waals surface area contributed by atoms with Crippen LogP contribution in [0.3, 0.4) is 0 Å². The van der Waals surface area contributed by atoms with Gasteiger partial charge in [-0.15, -0.1) is 0 Å². The Morgan fingerprint density at radius 2 is 1.53 bits per heavy atom. The molecular weight excluding hydrogens is 404 g/mol. The summed E-state index contributed by atoms with van der Waals surface area (Å²) >= 11 is 5.50. The molecule has 0 aromatic heterocycles. The number of thiocarbonyl (C=S) groups is 1. The molecule has 30 heavy (non-hydrogen) atoms. The molecule has 0 aliphatic carbocycles. The van der Waals surface area contributed by atoms with E-state index < -0.39 is 0 Å². The Kier molecular flexibility index (Phi) is 5.95. The minimum Gasteiger partial charge on any atom is -0.508 e. The van der Waals surface area contributed by atoms with Gasteiger partial charge < -0.3 is 9.84 Å². The van der Waals surface area contributed by atoms with Gasteiger partial charge in [0.1, 0.15) is 29.5 Å². The standard InChI is InChI=1S/C24H21F2NO2S/c25-17-10-8-16(9-11-17)4-3-7-22-23(20-5-1-2-6-21(20)28)27(24(30)29-22)19-14-12-18(26)13-15-19/h1-2,5-6,8-15,22-23,28H,3-4,7H2. The van der Waals surface area contributed by atoms with Gasteiger partial charge in [-0.25, -0.2) is 8.78 Å². The molecule has 0 saturated carbocycles. The van der Waals surface area contributed by atoms with Crippen LogP contribution in [-0.4, -0.2) is 16.4 Å². The highest BCUT2D eigenvalue weighted by Crippen LogP contribution is 2.42. The zero-order valence-electron chi connectivity index (χ0n) is 16.2. The summed E-state index contributed by atoms with van der Waals surface area (Å²) in [7, 11) is 0. The van der Waals surface area contributed by atoms with Crippen LogP contribution in [0.4, 0.5) is 14.5 Å². The van der Waals surface area contributed by atoms with Crippen molar-refractivity contribution >= 4 is 23.1 Å². The smallest absolute Gasteiger partial charge is 0.264 e. The van der Waals surface area contributed by atoms with Crippen molar-refractivity contribution in [2.75, 3.05) is 4.90 Å².